The molecular weight excluding hydrogens is 291 g/mol. The summed E-state index contributed by atoms with van der Waals surface area (Å²) in [7, 11) is -1.97. The molecule has 0 bridgehead atoms. The van der Waals surface area contributed by atoms with Crippen LogP contribution in [-0.4, -0.2) is 32.9 Å². The van der Waals surface area contributed by atoms with E-state index in [0.29, 0.717) is 19.6 Å². The predicted molar refractivity (Wildman–Crippen MR) is 81.0 cm³/mol. The summed E-state index contributed by atoms with van der Waals surface area (Å²) in [6.07, 6.45) is 4.91. The van der Waals surface area contributed by atoms with Crippen molar-refractivity contribution in [3.05, 3.63) is 29.6 Å². The maximum absolute atomic E-state index is 14.0. The highest BCUT2D eigenvalue weighted by molar-refractivity contribution is 7.89. The number of sulfonamides is 1. The summed E-state index contributed by atoms with van der Waals surface area (Å²) >= 11 is 0. The number of hydrogen-bond acceptors (Lipinski definition) is 3. The average molecular weight is 314 g/mol. The van der Waals surface area contributed by atoms with Gasteiger partial charge in [-0.3, -0.25) is 0 Å². The van der Waals surface area contributed by atoms with Gasteiger partial charge in [0.05, 0.1) is 0 Å². The van der Waals surface area contributed by atoms with Gasteiger partial charge in [-0.25, -0.2) is 12.8 Å². The zero-order valence-electron chi connectivity index (χ0n) is 12.4. The van der Waals surface area contributed by atoms with Crippen LogP contribution in [0.2, 0.25) is 0 Å². The maximum atomic E-state index is 14.0. The highest BCUT2D eigenvalue weighted by atomic mass is 32.2. The van der Waals surface area contributed by atoms with Crippen LogP contribution < -0.4 is 5.32 Å². The first-order valence-electron chi connectivity index (χ1n) is 7.49. The molecule has 6 heteroatoms. The SMILES string of the molecule is CNCc1ccc(F)c(S(=O)(=O)N2CCCCCCC2)c1. The van der Waals surface area contributed by atoms with Gasteiger partial charge < -0.3 is 5.32 Å². The minimum Gasteiger partial charge on any atom is -0.316 e. The highest BCUT2D eigenvalue weighted by Crippen LogP contribution is 2.23. The Hall–Kier alpha value is -0.980. The molecular formula is C15H23FN2O2S. The zero-order valence-corrected chi connectivity index (χ0v) is 13.3. The molecule has 0 atom stereocenters. The van der Waals surface area contributed by atoms with Crippen LogP contribution in [0.3, 0.4) is 0 Å². The van der Waals surface area contributed by atoms with E-state index in [-0.39, 0.29) is 4.90 Å². The van der Waals surface area contributed by atoms with Crippen LogP contribution in [0, 0.1) is 5.82 Å². The number of halogens is 1. The van der Waals surface area contributed by atoms with E-state index >= 15 is 0 Å². The molecule has 0 amide bonds. The molecule has 21 heavy (non-hydrogen) atoms. The minimum atomic E-state index is -3.74. The number of hydrogen-bond donors (Lipinski definition) is 1. The van der Waals surface area contributed by atoms with E-state index < -0.39 is 15.8 Å². The Kier molecular flexibility index (Phi) is 5.72. The summed E-state index contributed by atoms with van der Waals surface area (Å²) in [4.78, 5) is -0.198. The highest BCUT2D eigenvalue weighted by Gasteiger charge is 2.27. The first kappa shape index (κ1) is 16.4. The third-order valence-corrected chi connectivity index (χ3v) is 5.72. The lowest BCUT2D eigenvalue weighted by Gasteiger charge is -2.24. The fourth-order valence-electron chi connectivity index (χ4n) is 2.66. The fourth-order valence-corrected chi connectivity index (χ4v) is 4.29. The van der Waals surface area contributed by atoms with E-state index in [1.807, 2.05) is 0 Å². The molecule has 1 aliphatic heterocycles. The molecule has 1 heterocycles. The normalized spacial score (nSPS) is 18.2. The van der Waals surface area contributed by atoms with Gasteiger partial charge in [-0.2, -0.15) is 4.31 Å². The quantitative estimate of drug-likeness (QED) is 0.929. The van der Waals surface area contributed by atoms with Gasteiger partial charge in [-0.1, -0.05) is 25.3 Å². The van der Waals surface area contributed by atoms with Gasteiger partial charge in [0.15, 0.2) is 0 Å². The van der Waals surface area contributed by atoms with E-state index in [1.165, 1.54) is 16.4 Å². The van der Waals surface area contributed by atoms with Crippen LogP contribution in [0.25, 0.3) is 0 Å². The van der Waals surface area contributed by atoms with Crippen molar-refractivity contribution in [2.75, 3.05) is 20.1 Å². The Balaban J connectivity index is 2.30. The van der Waals surface area contributed by atoms with Crippen LogP contribution in [0.15, 0.2) is 23.1 Å². The monoisotopic (exact) mass is 314 g/mol. The van der Waals surface area contributed by atoms with Crippen LogP contribution >= 0.6 is 0 Å². The zero-order chi connectivity index (χ0) is 15.3. The van der Waals surface area contributed by atoms with Crippen molar-refractivity contribution < 1.29 is 12.8 Å². The maximum Gasteiger partial charge on any atom is 0.245 e. The molecule has 1 N–H and O–H groups in total. The van der Waals surface area contributed by atoms with Crippen molar-refractivity contribution in [1.82, 2.24) is 9.62 Å². The van der Waals surface area contributed by atoms with Crippen LogP contribution in [0.5, 0.6) is 0 Å². The first-order chi connectivity index (χ1) is 10.1. The van der Waals surface area contributed by atoms with Gasteiger partial charge >= 0.3 is 0 Å². The summed E-state index contributed by atoms with van der Waals surface area (Å²) in [5, 5.41) is 2.95. The van der Waals surface area contributed by atoms with Gasteiger partial charge in [-0.05, 0) is 37.6 Å². The molecule has 1 aromatic rings. The second kappa shape index (κ2) is 7.33. The molecule has 1 saturated heterocycles. The Morgan fingerprint density at radius 3 is 2.38 bits per heavy atom. The fraction of sp³-hybridized carbons (Fsp3) is 0.600. The summed E-state index contributed by atoms with van der Waals surface area (Å²) in [6.45, 7) is 1.48. The summed E-state index contributed by atoms with van der Waals surface area (Å²) in [5.41, 5.74) is 0.768. The molecule has 118 valence electrons. The van der Waals surface area contributed by atoms with Gasteiger partial charge in [0.2, 0.25) is 10.0 Å². The Morgan fingerprint density at radius 2 is 1.76 bits per heavy atom. The Labute approximate surface area is 126 Å². The summed E-state index contributed by atoms with van der Waals surface area (Å²) in [6, 6.07) is 4.29. The standard InChI is InChI=1S/C15H23FN2O2S/c1-17-12-13-7-8-14(16)15(11-13)21(19,20)18-9-5-3-2-4-6-10-18/h7-8,11,17H,2-6,9-10,12H2,1H3. The van der Waals surface area contributed by atoms with Gasteiger partial charge in [0.25, 0.3) is 0 Å². The van der Waals surface area contributed by atoms with Crippen LogP contribution in [0.1, 0.15) is 37.7 Å². The predicted octanol–water partition coefficient (Wildman–Crippen LogP) is 2.50. The molecule has 0 aromatic heterocycles. The first-order valence-corrected chi connectivity index (χ1v) is 8.93. The van der Waals surface area contributed by atoms with E-state index in [2.05, 4.69) is 5.32 Å². The Morgan fingerprint density at radius 1 is 1.14 bits per heavy atom. The minimum absolute atomic E-state index is 0.198. The third kappa shape index (κ3) is 4.02. The molecule has 0 unspecified atom stereocenters. The lowest BCUT2D eigenvalue weighted by atomic mass is 10.1. The average Bonchev–Trinajstić information content (AvgIpc) is 2.40. The molecule has 1 aliphatic rings. The number of benzene rings is 1. The third-order valence-electron chi connectivity index (χ3n) is 3.81. The lowest BCUT2D eigenvalue weighted by molar-refractivity contribution is 0.362. The lowest BCUT2D eigenvalue weighted by Crippen LogP contribution is -2.34. The topological polar surface area (TPSA) is 49.4 Å². The number of nitrogens with zero attached hydrogens (tertiary/aromatic N) is 1. The van der Waals surface area contributed by atoms with Crippen molar-refractivity contribution in [3.8, 4) is 0 Å². The molecule has 2 rings (SSSR count). The van der Waals surface area contributed by atoms with E-state index in [1.54, 1.807) is 13.1 Å². The molecule has 0 radical (unpaired) electrons. The van der Waals surface area contributed by atoms with Crippen molar-refractivity contribution in [3.63, 3.8) is 0 Å². The van der Waals surface area contributed by atoms with Crippen LogP contribution in [0.4, 0.5) is 4.39 Å². The molecule has 0 aliphatic carbocycles. The largest absolute Gasteiger partial charge is 0.316 e. The Bertz CT molecular complexity index is 567. The smallest absolute Gasteiger partial charge is 0.245 e. The van der Waals surface area contributed by atoms with Crippen molar-refractivity contribution in [2.24, 2.45) is 0 Å². The summed E-state index contributed by atoms with van der Waals surface area (Å²) < 4.78 is 40.8. The van der Waals surface area contributed by atoms with Gasteiger partial charge in [0.1, 0.15) is 10.7 Å². The van der Waals surface area contributed by atoms with Crippen LogP contribution in [-0.2, 0) is 16.6 Å². The molecule has 1 fully saturated rings. The van der Waals surface area contributed by atoms with Crippen molar-refractivity contribution in [2.45, 2.75) is 43.5 Å². The summed E-state index contributed by atoms with van der Waals surface area (Å²) in [5.74, 6) is -0.670. The van der Waals surface area contributed by atoms with Crippen molar-refractivity contribution in [1.29, 1.82) is 0 Å². The van der Waals surface area contributed by atoms with E-state index in [0.717, 1.165) is 37.7 Å². The van der Waals surface area contributed by atoms with Gasteiger partial charge in [-0.15, -0.1) is 0 Å². The second-order valence-corrected chi connectivity index (χ2v) is 7.37. The van der Waals surface area contributed by atoms with Crippen molar-refractivity contribution >= 4 is 10.0 Å². The number of rotatable bonds is 4. The van der Waals surface area contributed by atoms with E-state index in [4.69, 9.17) is 0 Å². The number of nitrogens with one attached hydrogen (secondary N) is 1. The molecule has 4 nitrogen and oxygen atoms in total. The molecule has 0 spiro atoms. The molecule has 0 saturated carbocycles. The van der Waals surface area contributed by atoms with Gasteiger partial charge in [0, 0.05) is 19.6 Å². The molecule has 1 aromatic carbocycles. The second-order valence-electron chi connectivity index (χ2n) is 5.47. The van der Waals surface area contributed by atoms with E-state index in [9.17, 15) is 12.8 Å².